The first-order valence-corrected chi connectivity index (χ1v) is 4.86. The van der Waals surface area contributed by atoms with Crippen LogP contribution in [0.25, 0.3) is 0 Å². The third-order valence-corrected chi connectivity index (χ3v) is 2.17. The SMILES string of the molecule is C[C@H](N)C(=O)N(C)Cc1ccc(F)c(F)c1.Cl. The van der Waals surface area contributed by atoms with E-state index in [-0.39, 0.29) is 24.9 Å². The molecule has 0 spiro atoms. The van der Waals surface area contributed by atoms with E-state index in [1.54, 1.807) is 14.0 Å². The number of nitrogens with two attached hydrogens (primary N) is 1. The molecule has 0 aromatic heterocycles. The van der Waals surface area contributed by atoms with Crippen LogP contribution in [0.5, 0.6) is 0 Å². The Morgan fingerprint density at radius 2 is 2.00 bits per heavy atom. The molecular formula is C11H15ClF2N2O. The number of hydrogen-bond acceptors (Lipinski definition) is 2. The monoisotopic (exact) mass is 264 g/mol. The van der Waals surface area contributed by atoms with Crippen molar-refractivity contribution in [2.24, 2.45) is 5.73 Å². The van der Waals surface area contributed by atoms with Crippen molar-refractivity contribution in [3.8, 4) is 0 Å². The first-order valence-electron chi connectivity index (χ1n) is 4.86. The quantitative estimate of drug-likeness (QED) is 0.903. The van der Waals surface area contributed by atoms with Gasteiger partial charge in [-0.2, -0.15) is 0 Å². The standard InChI is InChI=1S/C11H14F2N2O.ClH/c1-7(14)11(16)15(2)6-8-3-4-9(12)10(13)5-8;/h3-5,7H,6,14H2,1-2H3;1H/t7-;/m0./s1. The smallest absolute Gasteiger partial charge is 0.239 e. The van der Waals surface area contributed by atoms with Gasteiger partial charge in [-0.15, -0.1) is 12.4 Å². The fourth-order valence-corrected chi connectivity index (χ4v) is 1.34. The van der Waals surface area contributed by atoms with Gasteiger partial charge >= 0.3 is 0 Å². The first-order chi connectivity index (χ1) is 7.41. The Balaban J connectivity index is 0.00000256. The van der Waals surface area contributed by atoms with Gasteiger partial charge in [0.15, 0.2) is 11.6 Å². The first kappa shape index (κ1) is 15.8. The normalized spacial score (nSPS) is 11.6. The molecule has 0 fully saturated rings. The molecule has 0 heterocycles. The van der Waals surface area contributed by atoms with Crippen molar-refractivity contribution in [2.45, 2.75) is 19.5 Å². The van der Waals surface area contributed by atoms with Gasteiger partial charge in [-0.25, -0.2) is 8.78 Å². The summed E-state index contributed by atoms with van der Waals surface area (Å²) in [5.41, 5.74) is 5.94. The number of likely N-dealkylation sites (N-methyl/N-ethyl adjacent to an activating group) is 1. The zero-order chi connectivity index (χ0) is 12.3. The van der Waals surface area contributed by atoms with Crippen molar-refractivity contribution < 1.29 is 13.6 Å². The van der Waals surface area contributed by atoms with Crippen LogP contribution in [0.15, 0.2) is 18.2 Å². The fraction of sp³-hybridized carbons (Fsp3) is 0.364. The van der Waals surface area contributed by atoms with E-state index in [9.17, 15) is 13.6 Å². The van der Waals surface area contributed by atoms with Crippen LogP contribution in [0, 0.1) is 11.6 Å². The van der Waals surface area contributed by atoms with Crippen molar-refractivity contribution in [3.63, 3.8) is 0 Å². The minimum absolute atomic E-state index is 0. The second-order valence-corrected chi connectivity index (χ2v) is 3.73. The third kappa shape index (κ3) is 4.28. The molecule has 0 aliphatic heterocycles. The summed E-state index contributed by atoms with van der Waals surface area (Å²) in [7, 11) is 1.56. The molecule has 2 N–H and O–H groups in total. The predicted octanol–water partition coefficient (Wildman–Crippen LogP) is 1.69. The number of nitrogens with zero attached hydrogens (tertiary/aromatic N) is 1. The lowest BCUT2D eigenvalue weighted by atomic mass is 10.2. The number of amides is 1. The Kier molecular flexibility index (Phi) is 6.05. The average molecular weight is 265 g/mol. The van der Waals surface area contributed by atoms with E-state index in [1.807, 2.05) is 0 Å². The number of rotatable bonds is 3. The maximum absolute atomic E-state index is 12.9. The van der Waals surface area contributed by atoms with Crippen molar-refractivity contribution >= 4 is 18.3 Å². The van der Waals surface area contributed by atoms with E-state index in [2.05, 4.69) is 0 Å². The van der Waals surface area contributed by atoms with Gasteiger partial charge in [0.25, 0.3) is 0 Å². The van der Waals surface area contributed by atoms with Gasteiger partial charge in [0.05, 0.1) is 6.04 Å². The summed E-state index contributed by atoms with van der Waals surface area (Å²) in [5.74, 6) is -2.06. The highest BCUT2D eigenvalue weighted by Crippen LogP contribution is 2.10. The summed E-state index contributed by atoms with van der Waals surface area (Å²) in [6.45, 7) is 1.78. The molecule has 96 valence electrons. The summed E-state index contributed by atoms with van der Waals surface area (Å²) < 4.78 is 25.5. The van der Waals surface area contributed by atoms with Gasteiger partial charge in [0, 0.05) is 13.6 Å². The molecule has 1 amide bonds. The van der Waals surface area contributed by atoms with Gasteiger partial charge in [-0.1, -0.05) is 6.07 Å². The molecule has 0 bridgehead atoms. The molecule has 0 aliphatic carbocycles. The molecule has 0 aliphatic rings. The van der Waals surface area contributed by atoms with E-state index in [0.717, 1.165) is 12.1 Å². The van der Waals surface area contributed by atoms with Crippen LogP contribution in [0.1, 0.15) is 12.5 Å². The lowest BCUT2D eigenvalue weighted by Gasteiger charge is -2.19. The van der Waals surface area contributed by atoms with E-state index in [1.165, 1.54) is 11.0 Å². The molecule has 0 saturated heterocycles. The van der Waals surface area contributed by atoms with E-state index < -0.39 is 17.7 Å². The second-order valence-electron chi connectivity index (χ2n) is 3.73. The maximum atomic E-state index is 12.9. The molecule has 1 aromatic rings. The van der Waals surface area contributed by atoms with E-state index >= 15 is 0 Å². The summed E-state index contributed by atoms with van der Waals surface area (Å²) in [6, 6.07) is 2.94. The van der Waals surface area contributed by atoms with Gasteiger partial charge in [0.1, 0.15) is 0 Å². The highest BCUT2D eigenvalue weighted by molar-refractivity contribution is 5.85. The maximum Gasteiger partial charge on any atom is 0.239 e. The lowest BCUT2D eigenvalue weighted by Crippen LogP contribution is -2.39. The largest absolute Gasteiger partial charge is 0.340 e. The van der Waals surface area contributed by atoms with Gasteiger partial charge in [-0.3, -0.25) is 4.79 Å². The van der Waals surface area contributed by atoms with Crippen molar-refractivity contribution in [1.29, 1.82) is 0 Å². The van der Waals surface area contributed by atoms with Gasteiger partial charge in [0.2, 0.25) is 5.91 Å². The Morgan fingerprint density at radius 3 is 2.47 bits per heavy atom. The fourth-order valence-electron chi connectivity index (χ4n) is 1.34. The summed E-state index contributed by atoms with van der Waals surface area (Å²) in [6.07, 6.45) is 0. The number of benzene rings is 1. The number of hydrogen-bond donors (Lipinski definition) is 1. The van der Waals surface area contributed by atoms with Crippen LogP contribution in [0.4, 0.5) is 8.78 Å². The van der Waals surface area contributed by atoms with Crippen LogP contribution in [-0.4, -0.2) is 23.9 Å². The molecule has 3 nitrogen and oxygen atoms in total. The van der Waals surface area contributed by atoms with Crippen molar-refractivity contribution in [1.82, 2.24) is 4.90 Å². The van der Waals surface area contributed by atoms with Crippen LogP contribution < -0.4 is 5.73 Å². The van der Waals surface area contributed by atoms with Crippen LogP contribution in [-0.2, 0) is 11.3 Å². The van der Waals surface area contributed by atoms with Gasteiger partial charge < -0.3 is 10.6 Å². The topological polar surface area (TPSA) is 46.3 Å². The molecule has 6 heteroatoms. The van der Waals surface area contributed by atoms with Crippen molar-refractivity contribution in [2.75, 3.05) is 7.05 Å². The number of carbonyl (C=O) groups is 1. The number of halogens is 3. The van der Waals surface area contributed by atoms with Crippen LogP contribution in [0.2, 0.25) is 0 Å². The average Bonchev–Trinajstić information content (AvgIpc) is 2.22. The molecule has 0 unspecified atom stereocenters. The Bertz CT molecular complexity index is 399. The summed E-state index contributed by atoms with van der Waals surface area (Å²) in [5, 5.41) is 0. The molecule has 1 atom stereocenters. The minimum Gasteiger partial charge on any atom is -0.340 e. The predicted molar refractivity (Wildman–Crippen MR) is 63.7 cm³/mol. The molecule has 1 rings (SSSR count). The molecule has 17 heavy (non-hydrogen) atoms. The van der Waals surface area contributed by atoms with Crippen molar-refractivity contribution in [3.05, 3.63) is 35.4 Å². The molecule has 0 radical (unpaired) electrons. The summed E-state index contributed by atoms with van der Waals surface area (Å²) >= 11 is 0. The third-order valence-electron chi connectivity index (χ3n) is 2.17. The zero-order valence-electron chi connectivity index (χ0n) is 9.61. The molecular weight excluding hydrogens is 250 g/mol. The minimum atomic E-state index is -0.917. The Morgan fingerprint density at radius 1 is 1.41 bits per heavy atom. The zero-order valence-corrected chi connectivity index (χ0v) is 10.4. The van der Waals surface area contributed by atoms with Gasteiger partial charge in [-0.05, 0) is 24.6 Å². The lowest BCUT2D eigenvalue weighted by molar-refractivity contribution is -0.131. The van der Waals surface area contributed by atoms with Crippen LogP contribution >= 0.6 is 12.4 Å². The Hall–Kier alpha value is -1.20. The second kappa shape index (κ2) is 6.51. The molecule has 0 saturated carbocycles. The highest BCUT2D eigenvalue weighted by atomic mass is 35.5. The van der Waals surface area contributed by atoms with E-state index in [4.69, 9.17) is 5.73 Å². The molecule has 1 aromatic carbocycles. The highest BCUT2D eigenvalue weighted by Gasteiger charge is 2.14. The summed E-state index contributed by atoms with van der Waals surface area (Å²) in [4.78, 5) is 12.8. The van der Waals surface area contributed by atoms with Crippen LogP contribution in [0.3, 0.4) is 0 Å². The Labute approximate surface area is 105 Å². The van der Waals surface area contributed by atoms with E-state index in [0.29, 0.717) is 5.56 Å². The number of carbonyl (C=O) groups excluding carboxylic acids is 1.